The second kappa shape index (κ2) is 8.38. The molecular formula is C24H23ClN6O4. The summed E-state index contributed by atoms with van der Waals surface area (Å²) in [5.74, 6) is -0.255. The zero-order valence-electron chi connectivity index (χ0n) is 19.5. The van der Waals surface area contributed by atoms with Gasteiger partial charge >= 0.3 is 0 Å². The van der Waals surface area contributed by atoms with Gasteiger partial charge in [0.1, 0.15) is 10.7 Å². The van der Waals surface area contributed by atoms with Crippen molar-refractivity contribution in [1.29, 1.82) is 0 Å². The third-order valence-electron chi connectivity index (χ3n) is 5.24. The summed E-state index contributed by atoms with van der Waals surface area (Å²) < 4.78 is 11.7. The van der Waals surface area contributed by atoms with E-state index >= 15 is 0 Å². The molecule has 2 amide bonds. The second-order valence-corrected chi connectivity index (χ2v) is 9.76. The second-order valence-electron chi connectivity index (χ2n) is 9.38. The fraction of sp³-hybridized carbons (Fsp3) is 0.292. The summed E-state index contributed by atoms with van der Waals surface area (Å²) >= 11 is 6.10. The molecule has 1 atom stereocenters. The van der Waals surface area contributed by atoms with E-state index in [2.05, 4.69) is 30.9 Å². The van der Waals surface area contributed by atoms with Gasteiger partial charge in [-0.25, -0.2) is 9.97 Å². The number of carbonyl (C=O) groups excluding carboxylic acids is 2. The molecule has 10 nitrogen and oxygen atoms in total. The first-order chi connectivity index (χ1) is 16.6. The Kier molecular flexibility index (Phi) is 5.47. The standard InChI is InChI=1S/C24H23ClN6O4/c1-11-10-26-19-18-12-5-8-16(28-13(12)6-7-14(18)34-20(19)22(32)27-11)35-17-9-15(25)29-21(30-17)23(33)31-24(2,3)4/h5-9,11,26H,10H2,1-4H3,(H,27,32)(H,31,33)/t11-/m1/s1. The lowest BCUT2D eigenvalue weighted by Crippen LogP contribution is -2.41. The van der Waals surface area contributed by atoms with Crippen molar-refractivity contribution >= 4 is 51.0 Å². The van der Waals surface area contributed by atoms with Crippen LogP contribution in [0, 0.1) is 0 Å². The van der Waals surface area contributed by atoms with Crippen LogP contribution < -0.4 is 20.7 Å². The molecule has 1 aromatic carbocycles. The number of anilines is 1. The Bertz CT molecular complexity index is 1490. The fourth-order valence-corrected chi connectivity index (χ4v) is 3.99. The van der Waals surface area contributed by atoms with Crippen molar-refractivity contribution in [3.05, 3.63) is 47.1 Å². The van der Waals surface area contributed by atoms with E-state index in [1.807, 2.05) is 33.8 Å². The lowest BCUT2D eigenvalue weighted by atomic mass is 10.1. The van der Waals surface area contributed by atoms with E-state index in [0.29, 0.717) is 23.3 Å². The summed E-state index contributed by atoms with van der Waals surface area (Å²) in [5.41, 5.74) is 1.38. The van der Waals surface area contributed by atoms with Gasteiger partial charge in [-0.15, -0.1) is 0 Å². The van der Waals surface area contributed by atoms with E-state index in [0.717, 1.165) is 10.8 Å². The van der Waals surface area contributed by atoms with Crippen molar-refractivity contribution in [3.8, 4) is 11.8 Å². The van der Waals surface area contributed by atoms with Crippen molar-refractivity contribution < 1.29 is 18.7 Å². The van der Waals surface area contributed by atoms with Gasteiger partial charge in [0.05, 0.1) is 16.6 Å². The van der Waals surface area contributed by atoms with E-state index in [1.165, 1.54) is 6.07 Å². The molecule has 4 aromatic rings. The number of hydrogen-bond acceptors (Lipinski definition) is 8. The molecule has 3 aromatic heterocycles. The predicted octanol–water partition coefficient (Wildman–Crippen LogP) is 4.29. The molecule has 1 aliphatic rings. The lowest BCUT2D eigenvalue weighted by Gasteiger charge is -2.19. The third-order valence-corrected chi connectivity index (χ3v) is 5.43. The number of halogens is 1. The van der Waals surface area contributed by atoms with Crippen molar-refractivity contribution in [2.45, 2.75) is 39.3 Å². The Morgan fingerprint density at radius 1 is 1.17 bits per heavy atom. The van der Waals surface area contributed by atoms with Gasteiger partial charge in [0.2, 0.25) is 23.3 Å². The Labute approximate surface area is 205 Å². The Morgan fingerprint density at radius 2 is 1.97 bits per heavy atom. The summed E-state index contributed by atoms with van der Waals surface area (Å²) in [5, 5.41) is 10.6. The predicted molar refractivity (Wildman–Crippen MR) is 131 cm³/mol. The molecule has 0 saturated carbocycles. The van der Waals surface area contributed by atoms with E-state index in [-0.39, 0.29) is 40.4 Å². The number of fused-ring (bicyclic) bond motifs is 5. The van der Waals surface area contributed by atoms with Crippen molar-refractivity contribution in [2.75, 3.05) is 11.9 Å². The van der Waals surface area contributed by atoms with Gasteiger partial charge in [-0.2, -0.15) is 4.98 Å². The van der Waals surface area contributed by atoms with Gasteiger partial charge in [0, 0.05) is 35.6 Å². The van der Waals surface area contributed by atoms with Gasteiger partial charge in [-0.1, -0.05) is 11.6 Å². The molecule has 0 aliphatic carbocycles. The van der Waals surface area contributed by atoms with Gasteiger partial charge in [-0.05, 0) is 45.9 Å². The number of furan rings is 1. The zero-order chi connectivity index (χ0) is 24.9. The molecule has 0 bridgehead atoms. The summed E-state index contributed by atoms with van der Waals surface area (Å²) in [7, 11) is 0. The molecule has 0 radical (unpaired) electrons. The van der Waals surface area contributed by atoms with Crippen LogP contribution in [0.15, 0.2) is 34.7 Å². The number of hydrogen-bond donors (Lipinski definition) is 3. The van der Waals surface area contributed by atoms with Crippen LogP contribution >= 0.6 is 11.6 Å². The minimum Gasteiger partial charge on any atom is -0.449 e. The maximum atomic E-state index is 12.5. The number of aromatic nitrogens is 3. The molecule has 0 saturated heterocycles. The number of rotatable bonds is 3. The van der Waals surface area contributed by atoms with Gasteiger partial charge < -0.3 is 25.1 Å². The maximum absolute atomic E-state index is 12.5. The molecular weight excluding hydrogens is 472 g/mol. The topological polar surface area (TPSA) is 131 Å². The average Bonchev–Trinajstić information content (AvgIpc) is 3.08. The number of benzene rings is 1. The van der Waals surface area contributed by atoms with Crippen LogP contribution in [-0.2, 0) is 0 Å². The number of pyridine rings is 1. The summed E-state index contributed by atoms with van der Waals surface area (Å²) in [6, 6.07) is 8.42. The minimum atomic E-state index is -0.467. The average molecular weight is 495 g/mol. The van der Waals surface area contributed by atoms with E-state index < -0.39 is 11.4 Å². The van der Waals surface area contributed by atoms with Gasteiger partial charge in [0.15, 0.2) is 0 Å². The Balaban J connectivity index is 1.50. The van der Waals surface area contributed by atoms with E-state index in [1.54, 1.807) is 18.2 Å². The molecule has 0 fully saturated rings. The molecule has 35 heavy (non-hydrogen) atoms. The first-order valence-electron chi connectivity index (χ1n) is 11.0. The van der Waals surface area contributed by atoms with Crippen molar-refractivity contribution in [3.63, 3.8) is 0 Å². The van der Waals surface area contributed by atoms with Crippen LogP contribution in [-0.4, -0.2) is 44.9 Å². The smallest absolute Gasteiger partial charge is 0.289 e. The zero-order valence-corrected chi connectivity index (χ0v) is 20.3. The molecule has 11 heteroatoms. The molecule has 5 rings (SSSR count). The largest absolute Gasteiger partial charge is 0.449 e. The maximum Gasteiger partial charge on any atom is 0.289 e. The van der Waals surface area contributed by atoms with Crippen LogP contribution in [0.2, 0.25) is 5.15 Å². The highest BCUT2D eigenvalue weighted by Gasteiger charge is 2.27. The van der Waals surface area contributed by atoms with Gasteiger partial charge in [0.25, 0.3) is 11.8 Å². The molecule has 3 N–H and O–H groups in total. The third kappa shape index (κ3) is 4.57. The quantitative estimate of drug-likeness (QED) is 0.359. The normalized spacial score (nSPS) is 15.8. The minimum absolute atomic E-state index is 0.0386. The fourth-order valence-electron chi connectivity index (χ4n) is 3.82. The molecule has 0 spiro atoms. The van der Waals surface area contributed by atoms with Crippen LogP contribution in [0.3, 0.4) is 0 Å². The van der Waals surface area contributed by atoms with Gasteiger partial charge in [-0.3, -0.25) is 9.59 Å². The highest BCUT2D eigenvalue weighted by atomic mass is 35.5. The van der Waals surface area contributed by atoms with Crippen molar-refractivity contribution in [1.82, 2.24) is 25.6 Å². The van der Waals surface area contributed by atoms with Crippen LogP contribution in [0.4, 0.5) is 5.69 Å². The number of nitrogens with one attached hydrogen (secondary N) is 3. The lowest BCUT2D eigenvalue weighted by molar-refractivity contribution is 0.0903. The SMILES string of the molecule is C[C@@H]1CNc2c(oc3ccc4nc(Oc5cc(Cl)nc(C(=O)NC(C)(C)C)n5)ccc4c23)C(=O)N1. The Morgan fingerprint density at radius 3 is 2.74 bits per heavy atom. The first-order valence-corrected chi connectivity index (χ1v) is 11.4. The highest BCUT2D eigenvalue weighted by Crippen LogP contribution is 2.37. The summed E-state index contributed by atoms with van der Waals surface area (Å²) in [6.45, 7) is 8.04. The molecule has 180 valence electrons. The monoisotopic (exact) mass is 494 g/mol. The van der Waals surface area contributed by atoms with Crippen LogP contribution in [0.1, 0.15) is 48.9 Å². The summed E-state index contributed by atoms with van der Waals surface area (Å²) in [4.78, 5) is 37.7. The van der Waals surface area contributed by atoms with Crippen LogP contribution in [0.5, 0.6) is 11.8 Å². The number of carbonyl (C=O) groups is 2. The van der Waals surface area contributed by atoms with Crippen molar-refractivity contribution in [2.24, 2.45) is 0 Å². The Hall–Kier alpha value is -3.92. The number of ether oxygens (including phenoxy) is 1. The van der Waals surface area contributed by atoms with E-state index in [9.17, 15) is 9.59 Å². The molecule has 1 aliphatic heterocycles. The highest BCUT2D eigenvalue weighted by molar-refractivity contribution is 6.29. The molecule has 4 heterocycles. The van der Waals surface area contributed by atoms with E-state index in [4.69, 9.17) is 20.8 Å². The number of nitrogens with zero attached hydrogens (tertiary/aromatic N) is 3. The number of amides is 2. The first kappa shape index (κ1) is 22.9. The summed E-state index contributed by atoms with van der Waals surface area (Å²) in [6.07, 6.45) is 0. The molecule has 0 unspecified atom stereocenters. The van der Waals surface area contributed by atoms with Crippen LogP contribution in [0.25, 0.3) is 21.9 Å².